The van der Waals surface area contributed by atoms with Gasteiger partial charge in [-0.3, -0.25) is 14.4 Å². The lowest BCUT2D eigenvalue weighted by Gasteiger charge is -2.42. The first-order valence-electron chi connectivity index (χ1n) is 26.1. The van der Waals surface area contributed by atoms with Gasteiger partial charge < -0.3 is 43.9 Å². The van der Waals surface area contributed by atoms with Gasteiger partial charge in [-0.1, -0.05) is 77.7 Å². The summed E-state index contributed by atoms with van der Waals surface area (Å²) in [6.45, 7) is 16.4. The third-order valence-corrected chi connectivity index (χ3v) is 14.2. The van der Waals surface area contributed by atoms with E-state index in [-0.39, 0.29) is 61.9 Å². The normalized spacial score (nSPS) is 42.5. The van der Waals surface area contributed by atoms with Gasteiger partial charge in [-0.05, 0) is 118 Å². The SMILES string of the molecule is [2H]C([2H])([2H])O[C@H]1C[C@@H]2CC([2H])([2H])[C@@H](C)[C@@](O)(O2)C(=O)C(=O)N2CCCC[C@H]2C(=O)O[C@H]([C@H](C)C[C@@H]2CC[C@@H](O)[C@H](OC)C2)CC(=O)[C@H](C)/C=C(\C)[C@@H](O)[C@@H](OC)C(=C)[C@H](C)C[C@H](C)/C=C/C=C/C=C/1C. The molecule has 3 N–H and O–H groups in total. The fourth-order valence-corrected chi connectivity index (χ4v) is 9.82. The van der Waals surface area contributed by atoms with Gasteiger partial charge in [0.25, 0.3) is 11.7 Å². The summed E-state index contributed by atoms with van der Waals surface area (Å²) in [5.74, 6) is -9.56. The monoisotopic (exact) mass is 917 g/mol. The highest BCUT2D eigenvalue weighted by Gasteiger charge is 2.53. The minimum Gasteiger partial charge on any atom is -0.460 e. The fraction of sp³-hybridized carbons (Fsp3) is 0.731. The number of fused-ring (bicyclic) bond motifs is 3. The number of carbonyl (C=O) groups excluding carboxylic acids is 4. The smallest absolute Gasteiger partial charge is 0.329 e. The summed E-state index contributed by atoms with van der Waals surface area (Å²) < 4.78 is 70.6. The maximum absolute atomic E-state index is 14.5. The Morgan fingerprint density at radius 2 is 1.69 bits per heavy atom. The standard InChI is InChI=1S/C52H81NO12/c1-31-17-13-12-14-18-32(2)44(61-9)29-40-22-20-37(7)52(60,65-40)49(57)50(58)53-24-16-15-19-41(53)51(59)64-45(35(5)27-39-21-23-42(54)46(28-39)62-10)30-43(55)34(4)26-36(6)47(56)48(63-11)38(8)33(3)25-31/h12-14,17-18,26,31,33-35,37,39-42,44-48,54,56,60H,8,15-16,19-25,27-30H2,1-7,9-11H3/b14-12+,17-13+,32-18+,36-26+/t31-,33-,34-,35-,37-,39+,40+,41+,42-,44+,45+,46-,47-,48+,52-/m1/s1/i9D3,20D2. The van der Waals surface area contributed by atoms with Crippen LogP contribution in [0.3, 0.4) is 0 Å². The molecule has 65 heavy (non-hydrogen) atoms. The molecule has 0 aromatic carbocycles. The van der Waals surface area contributed by atoms with Crippen LogP contribution in [0.1, 0.15) is 132 Å². The predicted molar refractivity (Wildman–Crippen MR) is 249 cm³/mol. The van der Waals surface area contributed by atoms with Crippen molar-refractivity contribution < 1.29 is 65.0 Å². The molecule has 13 nitrogen and oxygen atoms in total. The average molecular weight is 917 g/mol. The topological polar surface area (TPSA) is 178 Å². The molecule has 366 valence electrons. The number of hydrogen-bond acceptors (Lipinski definition) is 12. The van der Waals surface area contributed by atoms with Crippen LogP contribution < -0.4 is 0 Å². The summed E-state index contributed by atoms with van der Waals surface area (Å²) in [5, 5.41) is 34.2. The molecule has 13 heteroatoms. The zero-order valence-corrected chi connectivity index (χ0v) is 40.2. The molecule has 3 heterocycles. The van der Waals surface area contributed by atoms with Gasteiger partial charge in [-0.25, -0.2) is 4.79 Å². The second kappa shape index (κ2) is 25.2. The van der Waals surface area contributed by atoms with Gasteiger partial charge in [0.1, 0.15) is 30.1 Å². The number of esters is 1. The molecule has 1 amide bonds. The second-order valence-corrected chi connectivity index (χ2v) is 19.3. The molecule has 15 atom stereocenters. The number of aliphatic hydroxyl groups is 3. The number of Topliss-reactive ketones (excluding diaryl/α,β-unsaturated/α-hetero) is 2. The zero-order valence-electron chi connectivity index (χ0n) is 45.2. The maximum Gasteiger partial charge on any atom is 0.329 e. The van der Waals surface area contributed by atoms with Crippen molar-refractivity contribution in [1.82, 2.24) is 4.90 Å². The van der Waals surface area contributed by atoms with E-state index in [0.717, 1.165) is 4.90 Å². The number of hydrogen-bond donors (Lipinski definition) is 3. The van der Waals surface area contributed by atoms with Crippen molar-refractivity contribution in [2.75, 3.05) is 27.8 Å². The second-order valence-electron chi connectivity index (χ2n) is 19.3. The van der Waals surface area contributed by atoms with Crippen LogP contribution in [0.2, 0.25) is 0 Å². The number of methoxy groups -OCH3 is 3. The van der Waals surface area contributed by atoms with E-state index in [2.05, 4.69) is 6.58 Å². The quantitative estimate of drug-likeness (QED) is 0.139. The molecular weight excluding hydrogens is 831 g/mol. The number of ketones is 2. The highest BCUT2D eigenvalue weighted by molar-refractivity contribution is 6.39. The molecule has 1 aliphatic carbocycles. The van der Waals surface area contributed by atoms with Crippen LogP contribution in [0.4, 0.5) is 0 Å². The number of ether oxygens (including phenoxy) is 5. The molecule has 0 unspecified atom stereocenters. The minimum atomic E-state index is -3.01. The first kappa shape index (κ1) is 46.8. The lowest BCUT2D eigenvalue weighted by molar-refractivity contribution is -0.265. The van der Waals surface area contributed by atoms with E-state index in [4.69, 9.17) is 30.5 Å². The lowest BCUT2D eigenvalue weighted by atomic mass is 9.78. The van der Waals surface area contributed by atoms with E-state index < -0.39 is 97.3 Å². The predicted octanol–water partition coefficient (Wildman–Crippen LogP) is 7.17. The Morgan fingerprint density at radius 3 is 2.38 bits per heavy atom. The zero-order chi connectivity index (χ0) is 52.5. The third-order valence-electron chi connectivity index (χ3n) is 14.2. The molecule has 4 aliphatic rings. The summed E-state index contributed by atoms with van der Waals surface area (Å²) in [4.78, 5) is 58.5. The third kappa shape index (κ3) is 14.4. The van der Waals surface area contributed by atoms with Gasteiger partial charge in [0, 0.05) is 55.2 Å². The summed E-state index contributed by atoms with van der Waals surface area (Å²) >= 11 is 0. The molecule has 0 aromatic heterocycles. The Bertz CT molecular complexity index is 1950. The molecular formula is C52H81NO12. The van der Waals surface area contributed by atoms with E-state index in [1.807, 2.05) is 32.9 Å². The number of amides is 1. The Morgan fingerprint density at radius 1 is 0.954 bits per heavy atom. The molecule has 0 radical (unpaired) electrons. The van der Waals surface area contributed by atoms with Crippen molar-refractivity contribution in [2.45, 2.75) is 180 Å². The van der Waals surface area contributed by atoms with Crippen LogP contribution in [-0.4, -0.2) is 126 Å². The molecule has 2 saturated heterocycles. The summed E-state index contributed by atoms with van der Waals surface area (Å²) in [6, 6.07) is -1.30. The van der Waals surface area contributed by atoms with Gasteiger partial charge in [-0.15, -0.1) is 0 Å². The number of rotatable bonds is 6. The number of piperidine rings is 1. The first-order valence-corrected chi connectivity index (χ1v) is 23.6. The van der Waals surface area contributed by atoms with Crippen molar-refractivity contribution >= 4 is 23.4 Å². The van der Waals surface area contributed by atoms with Gasteiger partial charge in [0.15, 0.2) is 0 Å². The highest BCUT2D eigenvalue weighted by atomic mass is 16.6. The minimum absolute atomic E-state index is 0.0542. The summed E-state index contributed by atoms with van der Waals surface area (Å²) in [5.41, 5.74) is 1.59. The van der Waals surface area contributed by atoms with Crippen LogP contribution in [0.25, 0.3) is 0 Å². The maximum atomic E-state index is 14.5. The Balaban J connectivity index is 1.77. The Labute approximate surface area is 395 Å². The highest BCUT2D eigenvalue weighted by Crippen LogP contribution is 2.38. The van der Waals surface area contributed by atoms with Crippen LogP contribution >= 0.6 is 0 Å². The van der Waals surface area contributed by atoms with Crippen LogP contribution in [0.15, 0.2) is 59.8 Å². The lowest BCUT2D eigenvalue weighted by Crippen LogP contribution is -2.61. The van der Waals surface area contributed by atoms with E-state index >= 15 is 0 Å². The van der Waals surface area contributed by atoms with Gasteiger partial charge >= 0.3 is 5.97 Å². The van der Waals surface area contributed by atoms with Crippen molar-refractivity contribution in [2.24, 2.45) is 35.5 Å². The summed E-state index contributed by atoms with van der Waals surface area (Å²) in [7, 11) is 0.150. The van der Waals surface area contributed by atoms with Gasteiger partial charge in [0.05, 0.1) is 28.5 Å². The number of cyclic esters (lactones) is 1. The molecule has 4 rings (SSSR count). The van der Waals surface area contributed by atoms with E-state index in [1.165, 1.54) is 14.0 Å². The molecule has 3 aliphatic heterocycles. The van der Waals surface area contributed by atoms with E-state index in [9.17, 15) is 34.5 Å². The fourth-order valence-electron chi connectivity index (χ4n) is 9.82. The summed E-state index contributed by atoms with van der Waals surface area (Å²) in [6.07, 6.45) is 4.99. The molecule has 3 fully saturated rings. The van der Waals surface area contributed by atoms with Crippen molar-refractivity contribution in [3.05, 3.63) is 59.8 Å². The first-order chi connectivity index (χ1) is 32.6. The van der Waals surface area contributed by atoms with Crippen LogP contribution in [-0.2, 0) is 42.9 Å². The number of allylic oxidation sites excluding steroid dienone is 6. The van der Waals surface area contributed by atoms with Crippen molar-refractivity contribution in [3.8, 4) is 0 Å². The van der Waals surface area contributed by atoms with Crippen molar-refractivity contribution in [3.63, 3.8) is 0 Å². The van der Waals surface area contributed by atoms with Crippen molar-refractivity contribution in [1.29, 1.82) is 0 Å². The number of nitrogens with zero attached hydrogens (tertiary/aromatic N) is 1. The molecule has 1 saturated carbocycles. The van der Waals surface area contributed by atoms with Crippen LogP contribution in [0, 0.1) is 35.5 Å². The van der Waals surface area contributed by atoms with E-state index in [0.29, 0.717) is 61.7 Å². The van der Waals surface area contributed by atoms with Gasteiger partial charge in [0.2, 0.25) is 5.79 Å². The molecule has 0 aromatic rings. The average Bonchev–Trinajstić information content (AvgIpc) is 3.29. The van der Waals surface area contributed by atoms with Crippen LogP contribution in [0.5, 0.6) is 0 Å². The number of aliphatic hydroxyl groups excluding tert-OH is 2. The largest absolute Gasteiger partial charge is 0.460 e. The number of carbonyl (C=O) groups is 4. The Hall–Kier alpha value is -3.30. The Kier molecular flexibility index (Phi) is 18.1. The molecule has 2 bridgehead atoms. The molecule has 0 spiro atoms. The van der Waals surface area contributed by atoms with E-state index in [1.54, 1.807) is 52.2 Å². The van der Waals surface area contributed by atoms with Gasteiger partial charge in [-0.2, -0.15) is 0 Å².